The first-order chi connectivity index (χ1) is 9.18. The van der Waals surface area contributed by atoms with Crippen LogP contribution in [0.1, 0.15) is 16.8 Å². The lowest BCUT2D eigenvalue weighted by molar-refractivity contribution is -0.136. The Morgan fingerprint density at radius 3 is 2.63 bits per heavy atom. The van der Waals surface area contributed by atoms with Gasteiger partial charge in [-0.25, -0.2) is 5.10 Å². The zero-order valence-electron chi connectivity index (χ0n) is 9.85. The molecule has 0 fully saturated rings. The number of carboxylic acid groups (broad SMARTS) is 1. The molecule has 98 valence electrons. The average molecular weight is 261 g/mol. The Morgan fingerprint density at radius 1 is 1.32 bits per heavy atom. The Labute approximate surface area is 108 Å². The van der Waals surface area contributed by atoms with Crippen LogP contribution in [0.5, 0.6) is 0 Å². The Balaban J connectivity index is 2.22. The molecule has 1 amide bonds. The van der Waals surface area contributed by atoms with Crippen molar-refractivity contribution < 1.29 is 14.7 Å². The van der Waals surface area contributed by atoms with Gasteiger partial charge in [0.25, 0.3) is 5.91 Å². The van der Waals surface area contributed by atoms with Gasteiger partial charge in [-0.15, -0.1) is 0 Å². The van der Waals surface area contributed by atoms with Crippen molar-refractivity contribution in [3.05, 3.63) is 36.4 Å². The lowest BCUT2D eigenvalue weighted by Gasteiger charge is -2.18. The van der Waals surface area contributed by atoms with Gasteiger partial charge in [-0.05, 0) is 12.1 Å². The van der Waals surface area contributed by atoms with Crippen LogP contribution in [-0.4, -0.2) is 43.7 Å². The van der Waals surface area contributed by atoms with Crippen LogP contribution in [0.15, 0.2) is 30.9 Å². The Bertz CT molecular complexity index is 555. The number of amides is 1. The molecule has 2 aromatic heterocycles. The fraction of sp³-hybridized carbons (Fsp3) is 0.182. The van der Waals surface area contributed by atoms with Crippen molar-refractivity contribution in [2.75, 3.05) is 11.4 Å². The minimum Gasteiger partial charge on any atom is -0.481 e. The van der Waals surface area contributed by atoms with Crippen molar-refractivity contribution in [3.63, 3.8) is 0 Å². The number of carbonyl (C=O) groups excluding carboxylic acids is 1. The second-order valence-electron chi connectivity index (χ2n) is 3.65. The predicted molar refractivity (Wildman–Crippen MR) is 64.5 cm³/mol. The first-order valence-corrected chi connectivity index (χ1v) is 5.47. The number of carbonyl (C=O) groups is 2. The topological polar surface area (TPSA) is 112 Å². The van der Waals surface area contributed by atoms with Gasteiger partial charge in [0.2, 0.25) is 5.95 Å². The van der Waals surface area contributed by atoms with Crippen LogP contribution in [0, 0.1) is 0 Å². The third-order valence-electron chi connectivity index (χ3n) is 2.38. The van der Waals surface area contributed by atoms with E-state index in [0.717, 1.165) is 0 Å². The molecule has 0 aromatic carbocycles. The Kier molecular flexibility index (Phi) is 3.81. The molecule has 0 spiro atoms. The summed E-state index contributed by atoms with van der Waals surface area (Å²) in [4.78, 5) is 31.8. The maximum atomic E-state index is 12.3. The summed E-state index contributed by atoms with van der Waals surface area (Å²) in [5.74, 6) is -1.14. The van der Waals surface area contributed by atoms with E-state index >= 15 is 0 Å². The van der Waals surface area contributed by atoms with Crippen molar-refractivity contribution >= 4 is 17.8 Å². The van der Waals surface area contributed by atoms with Crippen LogP contribution < -0.4 is 4.90 Å². The highest BCUT2D eigenvalue weighted by Gasteiger charge is 2.20. The smallest absolute Gasteiger partial charge is 0.305 e. The number of aliphatic carboxylic acids is 1. The number of pyridine rings is 1. The Hall–Kier alpha value is -2.77. The highest BCUT2D eigenvalue weighted by atomic mass is 16.4. The van der Waals surface area contributed by atoms with Gasteiger partial charge in [0.15, 0.2) is 0 Å². The van der Waals surface area contributed by atoms with E-state index in [9.17, 15) is 9.59 Å². The fourth-order valence-electron chi connectivity index (χ4n) is 1.49. The SMILES string of the molecule is O=C(O)CCN(C(=O)c1ccncc1)c1ncn[nH]1. The number of aromatic nitrogens is 4. The van der Waals surface area contributed by atoms with Gasteiger partial charge < -0.3 is 5.11 Å². The van der Waals surface area contributed by atoms with Crippen LogP contribution in [0.3, 0.4) is 0 Å². The summed E-state index contributed by atoms with van der Waals surface area (Å²) in [5, 5.41) is 14.9. The quantitative estimate of drug-likeness (QED) is 0.801. The largest absolute Gasteiger partial charge is 0.481 e. The number of carboxylic acids is 1. The minimum atomic E-state index is -0.993. The monoisotopic (exact) mass is 261 g/mol. The van der Waals surface area contributed by atoms with Crippen molar-refractivity contribution in [2.24, 2.45) is 0 Å². The van der Waals surface area contributed by atoms with Crippen molar-refractivity contribution in [1.82, 2.24) is 20.2 Å². The fourth-order valence-corrected chi connectivity index (χ4v) is 1.49. The molecule has 8 nitrogen and oxygen atoms in total. The van der Waals surface area contributed by atoms with Crippen molar-refractivity contribution in [1.29, 1.82) is 0 Å². The van der Waals surface area contributed by atoms with E-state index in [-0.39, 0.29) is 24.8 Å². The number of nitrogens with one attached hydrogen (secondary N) is 1. The number of nitrogens with zero attached hydrogens (tertiary/aromatic N) is 4. The van der Waals surface area contributed by atoms with Gasteiger partial charge in [-0.1, -0.05) is 0 Å². The van der Waals surface area contributed by atoms with Crippen LogP contribution in [0.4, 0.5) is 5.95 Å². The molecule has 0 saturated heterocycles. The maximum absolute atomic E-state index is 12.3. The molecule has 2 heterocycles. The zero-order chi connectivity index (χ0) is 13.7. The van der Waals surface area contributed by atoms with Gasteiger partial charge in [-0.2, -0.15) is 10.1 Å². The van der Waals surface area contributed by atoms with Crippen molar-refractivity contribution in [2.45, 2.75) is 6.42 Å². The summed E-state index contributed by atoms with van der Waals surface area (Å²) in [5.41, 5.74) is 0.400. The number of hydrogen-bond acceptors (Lipinski definition) is 5. The number of H-pyrrole nitrogens is 1. The molecular weight excluding hydrogens is 250 g/mol. The summed E-state index contributed by atoms with van der Waals surface area (Å²) in [6, 6.07) is 3.10. The van der Waals surface area contributed by atoms with Crippen LogP contribution in [0.2, 0.25) is 0 Å². The van der Waals surface area contributed by atoms with E-state index < -0.39 is 5.97 Å². The molecule has 2 rings (SSSR count). The van der Waals surface area contributed by atoms with Crippen LogP contribution in [-0.2, 0) is 4.79 Å². The Morgan fingerprint density at radius 2 is 2.05 bits per heavy atom. The molecule has 0 radical (unpaired) electrons. The van der Waals surface area contributed by atoms with E-state index in [1.165, 1.54) is 23.6 Å². The van der Waals surface area contributed by atoms with E-state index in [0.29, 0.717) is 5.56 Å². The van der Waals surface area contributed by atoms with E-state index in [1.807, 2.05) is 0 Å². The normalized spacial score (nSPS) is 10.1. The number of anilines is 1. The average Bonchev–Trinajstić information content (AvgIpc) is 2.93. The van der Waals surface area contributed by atoms with Crippen LogP contribution >= 0.6 is 0 Å². The first-order valence-electron chi connectivity index (χ1n) is 5.47. The molecule has 2 N–H and O–H groups in total. The van der Waals surface area contributed by atoms with Gasteiger partial charge in [0.1, 0.15) is 6.33 Å². The van der Waals surface area contributed by atoms with Gasteiger partial charge in [-0.3, -0.25) is 19.5 Å². The number of rotatable bonds is 5. The minimum absolute atomic E-state index is 0.00564. The molecule has 0 aliphatic rings. The third-order valence-corrected chi connectivity index (χ3v) is 2.38. The molecule has 0 aliphatic carbocycles. The third kappa shape index (κ3) is 3.12. The lowest BCUT2D eigenvalue weighted by Crippen LogP contribution is -2.34. The molecule has 0 saturated carbocycles. The molecule has 0 aliphatic heterocycles. The van der Waals surface area contributed by atoms with Crippen LogP contribution in [0.25, 0.3) is 0 Å². The van der Waals surface area contributed by atoms with Gasteiger partial charge in [0, 0.05) is 24.5 Å². The molecular formula is C11H11N5O3. The summed E-state index contributed by atoms with van der Waals surface area (Å²) in [6.07, 6.45) is 4.05. The highest BCUT2D eigenvalue weighted by molar-refractivity contribution is 6.05. The second kappa shape index (κ2) is 5.71. The second-order valence-corrected chi connectivity index (χ2v) is 3.65. The molecule has 19 heavy (non-hydrogen) atoms. The first kappa shape index (κ1) is 12.7. The molecule has 0 unspecified atom stereocenters. The highest BCUT2D eigenvalue weighted by Crippen LogP contribution is 2.11. The number of aromatic amines is 1. The molecule has 0 atom stereocenters. The summed E-state index contributed by atoms with van der Waals surface area (Å²) in [6.45, 7) is 0.00564. The van der Waals surface area contributed by atoms with E-state index in [4.69, 9.17) is 5.11 Å². The summed E-state index contributed by atoms with van der Waals surface area (Å²) in [7, 11) is 0. The van der Waals surface area contributed by atoms with Gasteiger partial charge >= 0.3 is 5.97 Å². The standard InChI is InChI=1S/C11H11N5O3/c17-9(18)3-6-16(11-13-7-14-15-11)10(19)8-1-4-12-5-2-8/h1-2,4-5,7H,3,6H2,(H,17,18)(H,13,14,15). The number of hydrogen-bond donors (Lipinski definition) is 2. The van der Waals surface area contributed by atoms with E-state index in [2.05, 4.69) is 20.2 Å². The summed E-state index contributed by atoms with van der Waals surface area (Å²) < 4.78 is 0. The summed E-state index contributed by atoms with van der Waals surface area (Å²) >= 11 is 0. The maximum Gasteiger partial charge on any atom is 0.305 e. The molecule has 8 heteroatoms. The zero-order valence-corrected chi connectivity index (χ0v) is 9.85. The molecule has 2 aromatic rings. The van der Waals surface area contributed by atoms with E-state index in [1.54, 1.807) is 12.1 Å². The van der Waals surface area contributed by atoms with Crippen molar-refractivity contribution in [3.8, 4) is 0 Å². The lowest BCUT2D eigenvalue weighted by atomic mass is 10.2. The molecule has 0 bridgehead atoms. The van der Waals surface area contributed by atoms with Gasteiger partial charge in [0.05, 0.1) is 6.42 Å². The predicted octanol–water partition coefficient (Wildman–Crippen LogP) is 0.321.